The van der Waals surface area contributed by atoms with Gasteiger partial charge in [0.1, 0.15) is 11.0 Å². The van der Waals surface area contributed by atoms with Crippen LogP contribution in [0.1, 0.15) is 10.4 Å². The first-order valence-electron chi connectivity index (χ1n) is 5.15. The molecule has 0 saturated carbocycles. The van der Waals surface area contributed by atoms with E-state index in [1.54, 1.807) is 0 Å². The zero-order chi connectivity index (χ0) is 14.0. The number of nitrogens with zero attached hydrogens (tertiary/aromatic N) is 1. The zero-order valence-corrected chi connectivity index (χ0v) is 11.0. The number of anilines is 2. The van der Waals surface area contributed by atoms with E-state index >= 15 is 0 Å². The largest absolute Gasteiger partial charge is 0.397 e. The monoisotopic (exact) mass is 299 g/mol. The van der Waals surface area contributed by atoms with Crippen LogP contribution in [0.5, 0.6) is 0 Å². The van der Waals surface area contributed by atoms with Gasteiger partial charge in [-0.1, -0.05) is 23.2 Å². The summed E-state index contributed by atoms with van der Waals surface area (Å²) in [6.45, 7) is 0. The van der Waals surface area contributed by atoms with Gasteiger partial charge >= 0.3 is 0 Å². The number of hydrogen-bond acceptors (Lipinski definition) is 3. The highest BCUT2D eigenvalue weighted by atomic mass is 35.5. The van der Waals surface area contributed by atoms with E-state index in [1.165, 1.54) is 24.4 Å². The van der Waals surface area contributed by atoms with Crippen LogP contribution in [0, 0.1) is 5.82 Å². The second-order valence-corrected chi connectivity index (χ2v) is 4.50. The van der Waals surface area contributed by atoms with E-state index in [0.29, 0.717) is 5.02 Å². The molecule has 0 bridgehead atoms. The predicted molar refractivity (Wildman–Crippen MR) is 73.0 cm³/mol. The van der Waals surface area contributed by atoms with Gasteiger partial charge in [-0.05, 0) is 24.3 Å². The number of halogens is 3. The second kappa shape index (κ2) is 5.42. The number of aromatic nitrogens is 1. The molecule has 2 rings (SSSR count). The Morgan fingerprint density at radius 3 is 2.79 bits per heavy atom. The molecule has 0 saturated heterocycles. The van der Waals surface area contributed by atoms with Gasteiger partial charge in [0.25, 0.3) is 5.91 Å². The molecule has 0 radical (unpaired) electrons. The lowest BCUT2D eigenvalue weighted by atomic mass is 10.2. The van der Waals surface area contributed by atoms with Crippen molar-refractivity contribution in [3.63, 3.8) is 0 Å². The number of nitrogen functional groups attached to an aromatic ring is 1. The van der Waals surface area contributed by atoms with Crippen LogP contribution in [0.25, 0.3) is 0 Å². The molecule has 98 valence electrons. The van der Waals surface area contributed by atoms with Gasteiger partial charge in [-0.25, -0.2) is 9.37 Å². The number of benzene rings is 1. The lowest BCUT2D eigenvalue weighted by Gasteiger charge is -2.08. The van der Waals surface area contributed by atoms with Crippen LogP contribution in [0.3, 0.4) is 0 Å². The fraction of sp³-hybridized carbons (Fsp3) is 0. The average molecular weight is 300 g/mol. The van der Waals surface area contributed by atoms with Crippen molar-refractivity contribution >= 4 is 40.5 Å². The minimum absolute atomic E-state index is 0.0372. The quantitative estimate of drug-likeness (QED) is 0.836. The number of carbonyl (C=O) groups excluding carboxylic acids is 1. The Morgan fingerprint density at radius 1 is 1.32 bits per heavy atom. The minimum Gasteiger partial charge on any atom is -0.397 e. The van der Waals surface area contributed by atoms with Crippen LogP contribution in [0.4, 0.5) is 15.8 Å². The van der Waals surface area contributed by atoms with E-state index in [-0.39, 0.29) is 22.1 Å². The molecule has 7 heteroatoms. The molecule has 1 aromatic heterocycles. The van der Waals surface area contributed by atoms with Gasteiger partial charge in [0.2, 0.25) is 0 Å². The molecule has 3 N–H and O–H groups in total. The Balaban J connectivity index is 2.30. The van der Waals surface area contributed by atoms with Crippen molar-refractivity contribution in [1.82, 2.24) is 4.98 Å². The van der Waals surface area contributed by atoms with E-state index in [4.69, 9.17) is 28.9 Å². The molecule has 2 aromatic rings. The summed E-state index contributed by atoms with van der Waals surface area (Å²) in [5, 5.41) is 2.79. The summed E-state index contributed by atoms with van der Waals surface area (Å²) in [5.74, 6) is -1.19. The molecule has 4 nitrogen and oxygen atoms in total. The maximum absolute atomic E-state index is 13.5. The van der Waals surface area contributed by atoms with Gasteiger partial charge in [0.15, 0.2) is 0 Å². The SMILES string of the molecule is Nc1cnc(Cl)cc1C(=O)Nc1cc(Cl)ccc1F. The third-order valence-corrected chi connectivity index (χ3v) is 2.76. The molecule has 0 aliphatic rings. The molecule has 0 atom stereocenters. The first-order chi connectivity index (χ1) is 8.97. The van der Waals surface area contributed by atoms with Crippen molar-refractivity contribution in [3.8, 4) is 0 Å². The van der Waals surface area contributed by atoms with Gasteiger partial charge in [0.05, 0.1) is 23.1 Å². The molecule has 1 heterocycles. The Labute approximate surface area is 118 Å². The molecule has 19 heavy (non-hydrogen) atoms. The lowest BCUT2D eigenvalue weighted by molar-refractivity contribution is 0.102. The normalized spacial score (nSPS) is 10.3. The van der Waals surface area contributed by atoms with E-state index in [1.807, 2.05) is 0 Å². The Kier molecular flexibility index (Phi) is 3.87. The van der Waals surface area contributed by atoms with Crippen LogP contribution in [0.15, 0.2) is 30.5 Å². The zero-order valence-electron chi connectivity index (χ0n) is 9.45. The molecular formula is C12H8Cl2FN3O. The van der Waals surface area contributed by atoms with Gasteiger partial charge in [-0.3, -0.25) is 4.79 Å². The summed E-state index contributed by atoms with van der Waals surface area (Å²) >= 11 is 11.4. The molecular weight excluding hydrogens is 292 g/mol. The number of amides is 1. The smallest absolute Gasteiger partial charge is 0.258 e. The van der Waals surface area contributed by atoms with Crippen LogP contribution >= 0.6 is 23.2 Å². The van der Waals surface area contributed by atoms with Crippen LogP contribution in [0.2, 0.25) is 10.2 Å². The van der Waals surface area contributed by atoms with E-state index in [0.717, 1.165) is 6.07 Å². The van der Waals surface area contributed by atoms with Crippen LogP contribution in [-0.4, -0.2) is 10.9 Å². The maximum atomic E-state index is 13.5. The predicted octanol–water partition coefficient (Wildman–Crippen LogP) is 3.36. The topological polar surface area (TPSA) is 68.0 Å². The third kappa shape index (κ3) is 3.13. The highest BCUT2D eigenvalue weighted by Crippen LogP contribution is 2.22. The number of carbonyl (C=O) groups is 1. The highest BCUT2D eigenvalue weighted by Gasteiger charge is 2.13. The van der Waals surface area contributed by atoms with Gasteiger partial charge < -0.3 is 11.1 Å². The van der Waals surface area contributed by atoms with Crippen molar-refractivity contribution in [3.05, 3.63) is 52.0 Å². The minimum atomic E-state index is -0.600. The van der Waals surface area contributed by atoms with Gasteiger partial charge in [0, 0.05) is 5.02 Å². The van der Waals surface area contributed by atoms with Crippen molar-refractivity contribution in [2.75, 3.05) is 11.1 Å². The van der Waals surface area contributed by atoms with E-state index < -0.39 is 11.7 Å². The number of hydrogen-bond donors (Lipinski definition) is 2. The number of rotatable bonds is 2. The Morgan fingerprint density at radius 2 is 2.05 bits per heavy atom. The van der Waals surface area contributed by atoms with Crippen molar-refractivity contribution in [1.29, 1.82) is 0 Å². The standard InChI is InChI=1S/C12H8Cl2FN3O/c13-6-1-2-8(15)10(3-6)18-12(19)7-4-11(14)17-5-9(7)16/h1-5H,16H2,(H,18,19). The number of nitrogens with one attached hydrogen (secondary N) is 1. The molecule has 0 unspecified atom stereocenters. The summed E-state index contributed by atoms with van der Waals surface area (Å²) in [6, 6.07) is 5.13. The maximum Gasteiger partial charge on any atom is 0.258 e. The number of nitrogens with two attached hydrogens (primary N) is 1. The first-order valence-corrected chi connectivity index (χ1v) is 5.90. The molecule has 0 aliphatic carbocycles. The summed E-state index contributed by atoms with van der Waals surface area (Å²) in [6.07, 6.45) is 1.26. The first kappa shape index (κ1) is 13.6. The van der Waals surface area contributed by atoms with Gasteiger partial charge in [-0.2, -0.15) is 0 Å². The average Bonchev–Trinajstić information content (AvgIpc) is 2.36. The Bertz CT molecular complexity index is 649. The number of pyridine rings is 1. The van der Waals surface area contributed by atoms with Crippen LogP contribution in [-0.2, 0) is 0 Å². The van der Waals surface area contributed by atoms with E-state index in [9.17, 15) is 9.18 Å². The van der Waals surface area contributed by atoms with Crippen molar-refractivity contribution in [2.45, 2.75) is 0 Å². The summed E-state index contributed by atoms with van der Waals surface area (Å²) in [5.41, 5.74) is 5.83. The molecule has 1 amide bonds. The highest BCUT2D eigenvalue weighted by molar-refractivity contribution is 6.31. The van der Waals surface area contributed by atoms with Crippen LogP contribution < -0.4 is 11.1 Å². The molecule has 0 fully saturated rings. The molecule has 0 aliphatic heterocycles. The molecule has 0 spiro atoms. The van der Waals surface area contributed by atoms with E-state index in [2.05, 4.69) is 10.3 Å². The summed E-state index contributed by atoms with van der Waals surface area (Å²) in [4.78, 5) is 15.7. The van der Waals surface area contributed by atoms with Crippen molar-refractivity contribution in [2.24, 2.45) is 0 Å². The fourth-order valence-corrected chi connectivity index (χ4v) is 1.75. The van der Waals surface area contributed by atoms with Gasteiger partial charge in [-0.15, -0.1) is 0 Å². The third-order valence-electron chi connectivity index (χ3n) is 2.32. The summed E-state index contributed by atoms with van der Waals surface area (Å²) in [7, 11) is 0. The fourth-order valence-electron chi connectivity index (χ4n) is 1.42. The lowest BCUT2D eigenvalue weighted by Crippen LogP contribution is -2.15. The Hall–Kier alpha value is -1.85. The second-order valence-electron chi connectivity index (χ2n) is 3.67. The molecule has 1 aromatic carbocycles. The van der Waals surface area contributed by atoms with Crippen molar-refractivity contribution < 1.29 is 9.18 Å². The summed E-state index contributed by atoms with van der Waals surface area (Å²) < 4.78 is 13.5.